The number of nitrogens with one attached hydrogen (secondary N) is 1. The van der Waals surface area contributed by atoms with Gasteiger partial charge in [-0.3, -0.25) is 4.79 Å². The molecule has 2 atom stereocenters. The third-order valence-electron chi connectivity index (χ3n) is 4.60. The Balaban J connectivity index is 2.00. The highest BCUT2D eigenvalue weighted by Crippen LogP contribution is 2.28. The molecule has 2 fully saturated rings. The zero-order valence-corrected chi connectivity index (χ0v) is 12.7. The second-order valence-electron chi connectivity index (χ2n) is 5.91. The molecule has 0 aromatic heterocycles. The lowest BCUT2D eigenvalue weighted by molar-refractivity contribution is -0.141. The second kappa shape index (κ2) is 6.41. The summed E-state index contributed by atoms with van der Waals surface area (Å²) < 4.78 is 28.8. The Hall–Kier alpha value is -0.660. The third-order valence-corrected chi connectivity index (χ3v) is 6.26. The van der Waals surface area contributed by atoms with Crippen molar-refractivity contribution in [2.45, 2.75) is 63.5 Å². The van der Waals surface area contributed by atoms with Crippen LogP contribution >= 0.6 is 0 Å². The van der Waals surface area contributed by atoms with Crippen LogP contribution in [0.2, 0.25) is 0 Å². The fraction of sp³-hybridized carbons (Fsp3) is 0.923. The number of carboxylic acid groups (broad SMARTS) is 1. The molecule has 0 bridgehead atoms. The number of rotatable bonds is 5. The molecule has 2 aliphatic rings. The van der Waals surface area contributed by atoms with Gasteiger partial charge in [0, 0.05) is 19.1 Å². The van der Waals surface area contributed by atoms with Crippen molar-refractivity contribution >= 4 is 16.2 Å². The molecule has 0 aliphatic heterocycles. The molecular weight excluding hydrogens is 280 g/mol. The highest BCUT2D eigenvalue weighted by atomic mass is 32.2. The average molecular weight is 304 g/mol. The summed E-state index contributed by atoms with van der Waals surface area (Å²) >= 11 is 0. The van der Waals surface area contributed by atoms with Crippen LogP contribution in [0.5, 0.6) is 0 Å². The summed E-state index contributed by atoms with van der Waals surface area (Å²) in [6.45, 7) is 0. The van der Waals surface area contributed by atoms with E-state index in [1.54, 1.807) is 7.05 Å². The zero-order chi connectivity index (χ0) is 14.8. The van der Waals surface area contributed by atoms with Gasteiger partial charge in [-0.1, -0.05) is 25.7 Å². The van der Waals surface area contributed by atoms with Crippen LogP contribution in [0.1, 0.15) is 51.4 Å². The van der Waals surface area contributed by atoms with Crippen LogP contribution in [0.4, 0.5) is 0 Å². The predicted molar refractivity (Wildman–Crippen MR) is 75.5 cm³/mol. The van der Waals surface area contributed by atoms with E-state index in [-0.39, 0.29) is 6.04 Å². The number of hydrogen-bond donors (Lipinski definition) is 2. The molecule has 2 unspecified atom stereocenters. The lowest BCUT2D eigenvalue weighted by Gasteiger charge is -2.31. The summed E-state index contributed by atoms with van der Waals surface area (Å²) in [6.07, 6.45) is 7.00. The predicted octanol–water partition coefficient (Wildman–Crippen LogP) is 1.34. The molecule has 0 heterocycles. The molecule has 0 aromatic rings. The van der Waals surface area contributed by atoms with E-state index < -0.39 is 28.1 Å². The van der Waals surface area contributed by atoms with Crippen molar-refractivity contribution < 1.29 is 18.3 Å². The number of nitrogens with zero attached hydrogens (tertiary/aromatic N) is 1. The molecule has 0 amide bonds. The highest BCUT2D eigenvalue weighted by molar-refractivity contribution is 7.87. The van der Waals surface area contributed by atoms with E-state index in [1.807, 2.05) is 0 Å². The quantitative estimate of drug-likeness (QED) is 0.802. The van der Waals surface area contributed by atoms with Crippen LogP contribution in [-0.2, 0) is 15.0 Å². The van der Waals surface area contributed by atoms with E-state index in [4.69, 9.17) is 5.11 Å². The summed E-state index contributed by atoms with van der Waals surface area (Å²) in [5.74, 6) is -1.50. The smallest absolute Gasteiger partial charge is 0.308 e. The van der Waals surface area contributed by atoms with Gasteiger partial charge < -0.3 is 5.11 Å². The summed E-state index contributed by atoms with van der Waals surface area (Å²) in [5, 5.41) is 9.12. The first kappa shape index (κ1) is 15.7. The van der Waals surface area contributed by atoms with E-state index in [0.717, 1.165) is 32.1 Å². The molecule has 2 saturated carbocycles. The summed E-state index contributed by atoms with van der Waals surface area (Å²) in [5.41, 5.74) is 0. The van der Waals surface area contributed by atoms with Gasteiger partial charge in [0.15, 0.2) is 0 Å². The molecule has 2 aliphatic carbocycles. The van der Waals surface area contributed by atoms with Crippen LogP contribution in [0.3, 0.4) is 0 Å². The average Bonchev–Trinajstić information content (AvgIpc) is 2.86. The van der Waals surface area contributed by atoms with E-state index in [2.05, 4.69) is 4.72 Å². The Morgan fingerprint density at radius 2 is 1.75 bits per heavy atom. The maximum atomic E-state index is 12.4. The standard InChI is InChI=1S/C13H24N2O4S/c1-15(10-6-3-2-4-7-10)20(18,19)14-12-9-5-8-11(12)13(16)17/h10-12,14H,2-9H2,1H3,(H,16,17). The number of carboxylic acids is 1. The second-order valence-corrected chi connectivity index (χ2v) is 7.67. The van der Waals surface area contributed by atoms with Crippen LogP contribution < -0.4 is 4.72 Å². The van der Waals surface area contributed by atoms with Gasteiger partial charge in [-0.15, -0.1) is 0 Å². The number of aliphatic carboxylic acids is 1. The van der Waals surface area contributed by atoms with Crippen molar-refractivity contribution in [1.29, 1.82) is 0 Å². The molecular formula is C13H24N2O4S. The van der Waals surface area contributed by atoms with Gasteiger partial charge in [0.2, 0.25) is 0 Å². The molecule has 2 rings (SSSR count). The summed E-state index contributed by atoms with van der Waals surface area (Å²) in [6, 6.07) is -0.422. The van der Waals surface area contributed by atoms with Gasteiger partial charge in [-0.2, -0.15) is 17.4 Å². The van der Waals surface area contributed by atoms with Gasteiger partial charge in [0.1, 0.15) is 0 Å². The van der Waals surface area contributed by atoms with E-state index >= 15 is 0 Å². The zero-order valence-electron chi connectivity index (χ0n) is 11.9. The Labute approximate surface area is 120 Å². The van der Waals surface area contributed by atoms with Gasteiger partial charge in [0.25, 0.3) is 10.2 Å². The molecule has 0 spiro atoms. The fourth-order valence-corrected chi connectivity index (χ4v) is 4.75. The molecule has 7 heteroatoms. The first-order chi connectivity index (χ1) is 9.42. The van der Waals surface area contributed by atoms with Crippen molar-refractivity contribution in [2.75, 3.05) is 7.05 Å². The van der Waals surface area contributed by atoms with Gasteiger partial charge in [-0.05, 0) is 25.7 Å². The molecule has 0 aromatic carbocycles. The lowest BCUT2D eigenvalue weighted by atomic mass is 9.96. The Morgan fingerprint density at radius 1 is 1.10 bits per heavy atom. The summed E-state index contributed by atoms with van der Waals surface area (Å²) in [7, 11) is -1.99. The number of carbonyl (C=O) groups is 1. The Kier molecular flexibility index (Phi) is 5.04. The molecule has 0 saturated heterocycles. The fourth-order valence-electron chi connectivity index (χ4n) is 3.31. The first-order valence-corrected chi connectivity index (χ1v) is 8.84. The van der Waals surface area contributed by atoms with E-state index in [9.17, 15) is 13.2 Å². The van der Waals surface area contributed by atoms with Crippen LogP contribution in [-0.4, -0.2) is 42.9 Å². The summed E-state index contributed by atoms with van der Waals surface area (Å²) in [4.78, 5) is 11.1. The van der Waals surface area contributed by atoms with Crippen molar-refractivity contribution in [3.8, 4) is 0 Å². The molecule has 20 heavy (non-hydrogen) atoms. The molecule has 6 nitrogen and oxygen atoms in total. The lowest BCUT2D eigenvalue weighted by Crippen LogP contribution is -2.50. The van der Waals surface area contributed by atoms with Crippen molar-refractivity contribution in [1.82, 2.24) is 9.03 Å². The normalized spacial score (nSPS) is 28.9. The highest BCUT2D eigenvalue weighted by Gasteiger charge is 2.37. The van der Waals surface area contributed by atoms with Crippen LogP contribution in [0, 0.1) is 5.92 Å². The van der Waals surface area contributed by atoms with Gasteiger partial charge in [0.05, 0.1) is 5.92 Å². The van der Waals surface area contributed by atoms with Crippen molar-refractivity contribution in [2.24, 2.45) is 5.92 Å². The van der Waals surface area contributed by atoms with E-state index in [1.165, 1.54) is 10.7 Å². The van der Waals surface area contributed by atoms with Crippen LogP contribution in [0.25, 0.3) is 0 Å². The molecule has 116 valence electrons. The van der Waals surface area contributed by atoms with Crippen molar-refractivity contribution in [3.05, 3.63) is 0 Å². The first-order valence-electron chi connectivity index (χ1n) is 7.40. The maximum absolute atomic E-state index is 12.4. The largest absolute Gasteiger partial charge is 0.481 e. The minimum absolute atomic E-state index is 0.0472. The van der Waals surface area contributed by atoms with Crippen LogP contribution in [0.15, 0.2) is 0 Å². The third kappa shape index (κ3) is 3.51. The van der Waals surface area contributed by atoms with E-state index in [0.29, 0.717) is 12.8 Å². The minimum atomic E-state index is -3.59. The van der Waals surface area contributed by atoms with Crippen molar-refractivity contribution in [3.63, 3.8) is 0 Å². The molecule has 0 radical (unpaired) electrons. The minimum Gasteiger partial charge on any atom is -0.481 e. The maximum Gasteiger partial charge on any atom is 0.308 e. The SMILES string of the molecule is CN(C1CCCCC1)S(=O)(=O)NC1CCCC1C(=O)O. The Bertz CT molecular complexity index is 445. The number of hydrogen-bond acceptors (Lipinski definition) is 3. The monoisotopic (exact) mass is 304 g/mol. The molecule has 2 N–H and O–H groups in total. The Morgan fingerprint density at radius 3 is 2.35 bits per heavy atom. The topological polar surface area (TPSA) is 86.7 Å². The van der Waals surface area contributed by atoms with Gasteiger partial charge >= 0.3 is 5.97 Å². The van der Waals surface area contributed by atoms with Gasteiger partial charge in [-0.25, -0.2) is 0 Å².